The Morgan fingerprint density at radius 1 is 0.941 bits per heavy atom. The number of fused-ring (bicyclic) bond motifs is 1. The number of benzene rings is 1. The number of aromatic amines is 1. The molecular weight excluding hydrogens is 691 g/mol. The van der Waals surface area contributed by atoms with E-state index < -0.39 is 35.3 Å². The van der Waals surface area contributed by atoms with E-state index in [0.717, 1.165) is 27.9 Å². The van der Waals surface area contributed by atoms with Crippen molar-refractivity contribution in [3.63, 3.8) is 0 Å². The van der Waals surface area contributed by atoms with Crippen LogP contribution in [0.1, 0.15) is 62.9 Å². The Bertz CT molecular complexity index is 1660. The number of amides is 5. The van der Waals surface area contributed by atoms with E-state index in [1.165, 1.54) is 0 Å². The molecule has 2 aromatic heterocycles. The van der Waals surface area contributed by atoms with Gasteiger partial charge in [0.1, 0.15) is 17.6 Å². The lowest BCUT2D eigenvalue weighted by Crippen LogP contribution is -2.64. The molecule has 3 heterocycles. The monoisotopic (exact) mass is 739 g/mol. The molecule has 0 saturated carbocycles. The number of H-pyrrole nitrogens is 1. The van der Waals surface area contributed by atoms with Crippen molar-refractivity contribution < 1.29 is 28.7 Å². The highest BCUT2D eigenvalue weighted by Gasteiger charge is 2.43. The molecule has 276 valence electrons. The molecule has 0 spiro atoms. The van der Waals surface area contributed by atoms with Gasteiger partial charge in [-0.25, -0.2) is 0 Å². The Labute approximate surface area is 306 Å². The summed E-state index contributed by atoms with van der Waals surface area (Å²) in [6, 6.07) is 11.5. The lowest BCUT2D eigenvalue weighted by molar-refractivity contribution is -0.140. The molecule has 15 heteroatoms. The molecular formula is C36H49N7O6S2. The normalized spacial score (nSPS) is 15.7. The highest BCUT2D eigenvalue weighted by Crippen LogP contribution is 2.24. The minimum Gasteiger partial charge on any atom is -0.381 e. The molecule has 1 aliphatic heterocycles. The summed E-state index contributed by atoms with van der Waals surface area (Å²) in [7, 11) is 0. The molecule has 0 bridgehead atoms. The number of nitrogens with one attached hydrogen (secondary N) is 4. The van der Waals surface area contributed by atoms with Crippen LogP contribution in [0, 0.1) is 5.92 Å². The molecule has 0 unspecified atom stereocenters. The van der Waals surface area contributed by atoms with Crippen LogP contribution in [-0.2, 0) is 46.6 Å². The molecule has 3 atom stereocenters. The lowest BCUT2D eigenvalue weighted by Gasteiger charge is -2.37. The fourth-order valence-electron chi connectivity index (χ4n) is 5.85. The summed E-state index contributed by atoms with van der Waals surface area (Å²) in [5.74, 6) is -0.0548. The largest absolute Gasteiger partial charge is 0.381 e. The number of carbonyl (C=O) groups is 5. The molecule has 0 aliphatic carbocycles. The first-order valence-electron chi connectivity index (χ1n) is 17.2. The molecule has 1 saturated heterocycles. The molecule has 1 aromatic carbocycles. The number of primary amides is 2. The fraction of sp³-hybridized carbons (Fsp3) is 0.500. The zero-order valence-corrected chi connectivity index (χ0v) is 30.8. The van der Waals surface area contributed by atoms with Crippen LogP contribution in [0.4, 0.5) is 0 Å². The van der Waals surface area contributed by atoms with Crippen LogP contribution in [0.5, 0.6) is 0 Å². The van der Waals surface area contributed by atoms with Gasteiger partial charge < -0.3 is 37.1 Å². The first-order valence-corrected chi connectivity index (χ1v) is 19.5. The molecule has 1 fully saturated rings. The molecule has 0 radical (unpaired) electrons. The zero-order chi connectivity index (χ0) is 36.8. The van der Waals surface area contributed by atoms with Gasteiger partial charge in [0.15, 0.2) is 0 Å². The van der Waals surface area contributed by atoms with Gasteiger partial charge in [-0.15, -0.1) is 0 Å². The average Bonchev–Trinajstić information content (AvgIpc) is 3.53. The number of pyridine rings is 1. The Balaban J connectivity index is 1.40. The summed E-state index contributed by atoms with van der Waals surface area (Å²) < 4.78 is 5.56. The number of aromatic nitrogens is 2. The van der Waals surface area contributed by atoms with Gasteiger partial charge in [0.25, 0.3) is 0 Å². The third kappa shape index (κ3) is 11.7. The van der Waals surface area contributed by atoms with Crippen molar-refractivity contribution in [3.05, 3.63) is 65.6 Å². The highest BCUT2D eigenvalue weighted by atomic mass is 32.2. The molecule has 8 N–H and O–H groups in total. The van der Waals surface area contributed by atoms with E-state index >= 15 is 0 Å². The van der Waals surface area contributed by atoms with Crippen LogP contribution in [-0.4, -0.2) is 81.8 Å². The number of thioether (sulfide) groups is 2. The van der Waals surface area contributed by atoms with Crippen LogP contribution in [0.2, 0.25) is 0 Å². The van der Waals surface area contributed by atoms with Crippen LogP contribution >= 0.6 is 23.5 Å². The summed E-state index contributed by atoms with van der Waals surface area (Å²) in [6.45, 7) is 4.27. The molecule has 3 aromatic rings. The van der Waals surface area contributed by atoms with E-state index in [1.807, 2.05) is 56.3 Å². The lowest BCUT2D eigenvalue weighted by atomic mass is 9.88. The van der Waals surface area contributed by atoms with E-state index in [2.05, 4.69) is 25.9 Å². The van der Waals surface area contributed by atoms with Gasteiger partial charge in [-0.2, -0.15) is 23.5 Å². The number of ether oxygens (including phenoxy) is 1. The van der Waals surface area contributed by atoms with Crippen LogP contribution in [0.15, 0.2) is 48.7 Å². The zero-order valence-electron chi connectivity index (χ0n) is 29.2. The van der Waals surface area contributed by atoms with Gasteiger partial charge in [0.05, 0.1) is 11.4 Å². The highest BCUT2D eigenvalue weighted by molar-refractivity contribution is 7.98. The molecule has 4 rings (SSSR count). The van der Waals surface area contributed by atoms with Crippen LogP contribution in [0.3, 0.4) is 0 Å². The minimum atomic E-state index is -1.28. The second kappa shape index (κ2) is 19.5. The quantitative estimate of drug-likeness (QED) is 0.0940. The smallest absolute Gasteiger partial charge is 0.246 e. The Hall–Kier alpha value is -4.08. The van der Waals surface area contributed by atoms with E-state index in [9.17, 15) is 24.0 Å². The van der Waals surface area contributed by atoms with Gasteiger partial charge in [0, 0.05) is 85.4 Å². The number of carbonyl (C=O) groups excluding carboxylic acids is 5. The summed E-state index contributed by atoms with van der Waals surface area (Å²) in [4.78, 5) is 72.4. The number of hydrogen-bond acceptors (Lipinski definition) is 9. The predicted octanol–water partition coefficient (Wildman–Crippen LogP) is 2.70. The third-order valence-electron chi connectivity index (χ3n) is 9.03. The predicted molar refractivity (Wildman–Crippen MR) is 200 cm³/mol. The molecule has 5 amide bonds. The summed E-state index contributed by atoms with van der Waals surface area (Å²) in [6.07, 6.45) is 3.55. The number of nitrogens with zero attached hydrogens (tertiary/aromatic N) is 1. The number of rotatable bonds is 20. The maximum Gasteiger partial charge on any atom is 0.246 e. The first-order chi connectivity index (χ1) is 24.5. The van der Waals surface area contributed by atoms with Crippen molar-refractivity contribution >= 4 is 64.0 Å². The van der Waals surface area contributed by atoms with Crippen molar-refractivity contribution in [2.75, 3.05) is 24.7 Å². The SMILES string of the molecule is CC[C@H](C)[C@H](NC(=O)[C@H](Cc1c[nH]c2ccccc12)NC(=O)C1(NC(=O)CCSCc2cccc(CSCCC(N)=O)n2)CCOCC1)C(N)=O. The maximum atomic E-state index is 14.1. The molecule has 51 heavy (non-hydrogen) atoms. The second-order valence-corrected chi connectivity index (χ2v) is 15.0. The summed E-state index contributed by atoms with van der Waals surface area (Å²) in [5.41, 5.74) is 13.1. The molecule has 13 nitrogen and oxygen atoms in total. The summed E-state index contributed by atoms with van der Waals surface area (Å²) in [5, 5.41) is 9.61. The number of nitrogens with two attached hydrogens (primary N) is 2. The van der Waals surface area contributed by atoms with Gasteiger partial charge in [-0.1, -0.05) is 44.5 Å². The van der Waals surface area contributed by atoms with E-state index in [0.29, 0.717) is 35.9 Å². The van der Waals surface area contributed by atoms with Gasteiger partial charge >= 0.3 is 0 Å². The standard InChI is InChI=1S/C36H49N7O6S2/c1-3-23(2)32(33(38)46)42-34(47)29(19-24-20-39-28-10-5-4-9-27(24)28)41-35(48)36(13-15-49-16-14-36)43-31(45)12-18-51-22-26-8-6-7-25(40-26)21-50-17-11-30(37)44/h4-10,20,23,29,32,39H,3,11-19,21-22H2,1-2H3,(H2,37,44)(H2,38,46)(H,41,48)(H,42,47)(H,43,45)/t23-,29-,32-/m0/s1. The Kier molecular flexibility index (Phi) is 15.2. The average molecular weight is 740 g/mol. The van der Waals surface area contributed by atoms with E-state index in [1.54, 1.807) is 29.7 Å². The van der Waals surface area contributed by atoms with E-state index in [-0.39, 0.29) is 56.6 Å². The van der Waals surface area contributed by atoms with Gasteiger partial charge in [-0.05, 0) is 29.7 Å². The second-order valence-electron chi connectivity index (χ2n) is 12.8. The van der Waals surface area contributed by atoms with Crippen LogP contribution < -0.4 is 27.4 Å². The summed E-state index contributed by atoms with van der Waals surface area (Å²) >= 11 is 3.16. The van der Waals surface area contributed by atoms with Crippen molar-refractivity contribution in [2.45, 2.75) is 81.5 Å². The van der Waals surface area contributed by atoms with Crippen molar-refractivity contribution in [3.8, 4) is 0 Å². The van der Waals surface area contributed by atoms with Gasteiger partial charge in [0.2, 0.25) is 29.5 Å². The van der Waals surface area contributed by atoms with Gasteiger partial charge in [-0.3, -0.25) is 29.0 Å². The third-order valence-corrected chi connectivity index (χ3v) is 11.0. The number of hydrogen-bond donors (Lipinski definition) is 6. The van der Waals surface area contributed by atoms with Crippen molar-refractivity contribution in [1.29, 1.82) is 0 Å². The Morgan fingerprint density at radius 3 is 2.25 bits per heavy atom. The fourth-order valence-corrected chi connectivity index (χ4v) is 7.55. The molecule has 1 aliphatic rings. The van der Waals surface area contributed by atoms with Crippen molar-refractivity contribution in [2.24, 2.45) is 17.4 Å². The van der Waals surface area contributed by atoms with Crippen LogP contribution in [0.25, 0.3) is 10.9 Å². The Morgan fingerprint density at radius 2 is 1.61 bits per heavy atom. The minimum absolute atomic E-state index is 0.145. The first kappa shape index (κ1) is 39.7. The van der Waals surface area contributed by atoms with E-state index in [4.69, 9.17) is 16.2 Å². The van der Waals surface area contributed by atoms with Crippen molar-refractivity contribution in [1.82, 2.24) is 25.9 Å². The maximum absolute atomic E-state index is 14.1. The topological polar surface area (TPSA) is 211 Å². The number of para-hydroxylation sites is 1.